The Kier molecular flexibility index (Phi) is 6.17. The fourth-order valence-electron chi connectivity index (χ4n) is 2.69. The summed E-state index contributed by atoms with van der Waals surface area (Å²) < 4.78 is 10.2. The van der Waals surface area contributed by atoms with Gasteiger partial charge < -0.3 is 20.1 Å². The van der Waals surface area contributed by atoms with Crippen LogP contribution in [0.1, 0.15) is 32.6 Å². The van der Waals surface area contributed by atoms with E-state index in [0.717, 1.165) is 25.7 Å². The van der Waals surface area contributed by atoms with Gasteiger partial charge in [-0.2, -0.15) is 0 Å². The first-order valence-electron chi connectivity index (χ1n) is 7.91. The van der Waals surface area contributed by atoms with Crippen molar-refractivity contribution in [3.63, 3.8) is 0 Å². The number of rotatable bonds is 6. The van der Waals surface area contributed by atoms with Crippen LogP contribution in [-0.4, -0.2) is 31.5 Å². The van der Waals surface area contributed by atoms with Gasteiger partial charge in [-0.25, -0.2) is 0 Å². The molecule has 7 heteroatoms. The van der Waals surface area contributed by atoms with E-state index >= 15 is 0 Å². The summed E-state index contributed by atoms with van der Waals surface area (Å²) in [6.07, 6.45) is 3.71. The number of hydrogen-bond acceptors (Lipinski definition) is 5. The van der Waals surface area contributed by atoms with E-state index in [2.05, 4.69) is 10.6 Å². The van der Waals surface area contributed by atoms with E-state index in [0.29, 0.717) is 17.1 Å². The Morgan fingerprint density at radius 2 is 1.88 bits per heavy atom. The van der Waals surface area contributed by atoms with E-state index in [1.54, 1.807) is 18.2 Å². The van der Waals surface area contributed by atoms with Gasteiger partial charge >= 0.3 is 5.97 Å². The van der Waals surface area contributed by atoms with Gasteiger partial charge in [-0.15, -0.1) is 0 Å². The highest BCUT2D eigenvalue weighted by Crippen LogP contribution is 2.28. The number of methoxy groups -OCH3 is 1. The summed E-state index contributed by atoms with van der Waals surface area (Å²) in [7, 11) is 1.48. The first-order valence-corrected chi connectivity index (χ1v) is 7.91. The lowest BCUT2D eigenvalue weighted by atomic mass is 10.1. The molecule has 0 radical (unpaired) electrons. The topological polar surface area (TPSA) is 93.7 Å². The molecule has 0 aromatic heterocycles. The van der Waals surface area contributed by atoms with Gasteiger partial charge in [-0.1, -0.05) is 12.8 Å². The second kappa shape index (κ2) is 8.33. The van der Waals surface area contributed by atoms with E-state index in [-0.39, 0.29) is 24.4 Å². The maximum absolute atomic E-state index is 12.0. The van der Waals surface area contributed by atoms with Crippen LogP contribution in [0, 0.1) is 5.92 Å². The third-order valence-corrected chi connectivity index (χ3v) is 3.83. The van der Waals surface area contributed by atoms with Gasteiger partial charge in [0.2, 0.25) is 5.91 Å². The SMILES string of the molecule is COc1ccc(NC(C)=O)cc1NC(=O)COC(=O)C1CCCC1. The van der Waals surface area contributed by atoms with E-state index < -0.39 is 5.91 Å². The van der Waals surface area contributed by atoms with Crippen molar-refractivity contribution < 1.29 is 23.9 Å². The summed E-state index contributed by atoms with van der Waals surface area (Å²) in [5.41, 5.74) is 0.923. The molecule has 0 unspecified atom stereocenters. The molecule has 1 aromatic rings. The predicted octanol–water partition coefficient (Wildman–Crippen LogP) is 2.33. The molecule has 1 aromatic carbocycles. The molecule has 7 nitrogen and oxygen atoms in total. The molecule has 130 valence electrons. The molecule has 0 spiro atoms. The monoisotopic (exact) mass is 334 g/mol. The lowest BCUT2D eigenvalue weighted by Crippen LogP contribution is -2.24. The number of carbonyl (C=O) groups excluding carboxylic acids is 3. The van der Waals surface area contributed by atoms with E-state index in [1.165, 1.54) is 14.0 Å². The summed E-state index contributed by atoms with van der Waals surface area (Å²) >= 11 is 0. The molecule has 0 bridgehead atoms. The highest BCUT2D eigenvalue weighted by atomic mass is 16.5. The number of anilines is 2. The van der Waals surface area contributed by atoms with Crippen LogP contribution in [-0.2, 0) is 19.1 Å². The van der Waals surface area contributed by atoms with Crippen LogP contribution in [0.5, 0.6) is 5.75 Å². The molecule has 24 heavy (non-hydrogen) atoms. The average Bonchev–Trinajstić information content (AvgIpc) is 3.07. The first kappa shape index (κ1) is 17.8. The molecule has 0 atom stereocenters. The molecular weight excluding hydrogens is 312 g/mol. The van der Waals surface area contributed by atoms with Gasteiger partial charge in [0.15, 0.2) is 6.61 Å². The highest BCUT2D eigenvalue weighted by Gasteiger charge is 2.24. The summed E-state index contributed by atoms with van der Waals surface area (Å²) in [5, 5.41) is 5.25. The quantitative estimate of drug-likeness (QED) is 0.779. The zero-order valence-corrected chi connectivity index (χ0v) is 13.9. The number of nitrogens with one attached hydrogen (secondary N) is 2. The first-order chi connectivity index (χ1) is 11.5. The lowest BCUT2D eigenvalue weighted by molar-refractivity contribution is -0.151. The third-order valence-electron chi connectivity index (χ3n) is 3.83. The Balaban J connectivity index is 1.94. The molecule has 0 aliphatic heterocycles. The van der Waals surface area contributed by atoms with Crippen molar-refractivity contribution in [3.05, 3.63) is 18.2 Å². The summed E-state index contributed by atoms with van der Waals surface area (Å²) in [6.45, 7) is 1.05. The Morgan fingerprint density at radius 3 is 2.50 bits per heavy atom. The standard InChI is InChI=1S/C17H22N2O5/c1-11(20)18-13-7-8-15(23-2)14(9-13)19-16(21)10-24-17(22)12-5-3-4-6-12/h7-9,12H,3-6,10H2,1-2H3,(H,18,20)(H,19,21). The number of carbonyl (C=O) groups is 3. The fraction of sp³-hybridized carbons (Fsp3) is 0.471. The summed E-state index contributed by atoms with van der Waals surface area (Å²) in [5.74, 6) is -0.640. The molecule has 2 rings (SSSR count). The number of ether oxygens (including phenoxy) is 2. The number of amides is 2. The zero-order valence-electron chi connectivity index (χ0n) is 13.9. The van der Waals surface area contributed by atoms with Crippen LogP contribution < -0.4 is 15.4 Å². The molecule has 1 aliphatic rings. The smallest absolute Gasteiger partial charge is 0.309 e. The molecule has 1 saturated carbocycles. The third kappa shape index (κ3) is 4.97. The average molecular weight is 334 g/mol. The second-order valence-corrected chi connectivity index (χ2v) is 5.73. The molecule has 1 aliphatic carbocycles. The number of esters is 1. The highest BCUT2D eigenvalue weighted by molar-refractivity contribution is 5.96. The predicted molar refractivity (Wildman–Crippen MR) is 88.8 cm³/mol. The van der Waals surface area contributed by atoms with Gasteiger partial charge in [-0.05, 0) is 31.0 Å². The van der Waals surface area contributed by atoms with Crippen molar-refractivity contribution in [1.82, 2.24) is 0 Å². The molecule has 1 fully saturated rings. The molecule has 2 amide bonds. The molecule has 0 heterocycles. The maximum Gasteiger partial charge on any atom is 0.309 e. The van der Waals surface area contributed by atoms with Crippen molar-refractivity contribution >= 4 is 29.2 Å². The minimum Gasteiger partial charge on any atom is -0.495 e. The van der Waals surface area contributed by atoms with Gasteiger partial charge in [0.05, 0.1) is 18.7 Å². The summed E-state index contributed by atoms with van der Waals surface area (Å²) in [4.78, 5) is 34.9. The Bertz CT molecular complexity index is 623. The zero-order chi connectivity index (χ0) is 17.5. The van der Waals surface area contributed by atoms with Gasteiger partial charge in [-0.3, -0.25) is 14.4 Å². The summed E-state index contributed by atoms with van der Waals surface area (Å²) in [6, 6.07) is 4.87. The number of hydrogen-bond donors (Lipinski definition) is 2. The van der Waals surface area contributed by atoms with Crippen molar-refractivity contribution in [1.29, 1.82) is 0 Å². The van der Waals surface area contributed by atoms with E-state index in [9.17, 15) is 14.4 Å². The van der Waals surface area contributed by atoms with E-state index in [4.69, 9.17) is 9.47 Å². The maximum atomic E-state index is 12.0. The minimum atomic E-state index is -0.459. The molecule has 2 N–H and O–H groups in total. The lowest BCUT2D eigenvalue weighted by Gasteiger charge is -2.13. The van der Waals surface area contributed by atoms with Crippen LogP contribution in [0.2, 0.25) is 0 Å². The normalized spacial score (nSPS) is 14.1. The second-order valence-electron chi connectivity index (χ2n) is 5.73. The Morgan fingerprint density at radius 1 is 1.17 bits per heavy atom. The van der Waals surface area contributed by atoms with Gasteiger partial charge in [0.1, 0.15) is 5.75 Å². The Labute approximate surface area is 140 Å². The van der Waals surface area contributed by atoms with Crippen LogP contribution in [0.3, 0.4) is 0 Å². The Hall–Kier alpha value is -2.57. The van der Waals surface area contributed by atoms with Crippen molar-refractivity contribution in [3.8, 4) is 5.75 Å². The van der Waals surface area contributed by atoms with Crippen LogP contribution in [0.15, 0.2) is 18.2 Å². The van der Waals surface area contributed by atoms with Crippen molar-refractivity contribution in [2.24, 2.45) is 5.92 Å². The van der Waals surface area contributed by atoms with Crippen molar-refractivity contribution in [2.45, 2.75) is 32.6 Å². The van der Waals surface area contributed by atoms with Crippen LogP contribution >= 0.6 is 0 Å². The largest absolute Gasteiger partial charge is 0.495 e. The molecule has 0 saturated heterocycles. The minimum absolute atomic E-state index is 0.0876. The van der Waals surface area contributed by atoms with Crippen LogP contribution in [0.4, 0.5) is 11.4 Å². The van der Waals surface area contributed by atoms with Crippen molar-refractivity contribution in [2.75, 3.05) is 24.4 Å². The molecular formula is C17H22N2O5. The van der Waals surface area contributed by atoms with Gasteiger partial charge in [0, 0.05) is 12.6 Å². The van der Waals surface area contributed by atoms with Crippen LogP contribution in [0.25, 0.3) is 0 Å². The number of benzene rings is 1. The fourth-order valence-corrected chi connectivity index (χ4v) is 2.69. The van der Waals surface area contributed by atoms with E-state index in [1.807, 2.05) is 0 Å². The van der Waals surface area contributed by atoms with Gasteiger partial charge in [0.25, 0.3) is 5.91 Å².